The number of morpholine rings is 1. The van der Waals surface area contributed by atoms with Crippen LogP contribution in [0.1, 0.15) is 46.6 Å². The van der Waals surface area contributed by atoms with Crippen LogP contribution < -0.4 is 10.5 Å². The molecule has 0 bridgehead atoms. The third-order valence-corrected chi connectivity index (χ3v) is 6.27. The first-order chi connectivity index (χ1) is 15.3. The maximum absolute atomic E-state index is 13.9. The molecular formula is C25H32N4O3. The summed E-state index contributed by atoms with van der Waals surface area (Å²) in [5.41, 5.74) is 5.87. The second-order valence-corrected chi connectivity index (χ2v) is 8.96. The van der Waals surface area contributed by atoms with Gasteiger partial charge in [-0.2, -0.15) is 0 Å². The molecule has 1 aliphatic rings. The Hall–Kier alpha value is -3.06. The summed E-state index contributed by atoms with van der Waals surface area (Å²) in [6.07, 6.45) is 1.94. The molecule has 170 valence electrons. The van der Waals surface area contributed by atoms with Crippen molar-refractivity contribution in [3.05, 3.63) is 62.7 Å². The number of ether oxygens (including phenoxy) is 1. The molecule has 3 aromatic rings. The third kappa shape index (κ3) is 4.17. The first kappa shape index (κ1) is 22.1. The van der Waals surface area contributed by atoms with E-state index < -0.39 is 0 Å². The molecule has 1 fully saturated rings. The van der Waals surface area contributed by atoms with Gasteiger partial charge in [0, 0.05) is 53.2 Å². The number of aromatic amines is 2. The average Bonchev–Trinajstić information content (AvgIpc) is 3.13. The fourth-order valence-electron chi connectivity index (χ4n) is 4.49. The number of fused-ring (bicyclic) bond motifs is 1. The van der Waals surface area contributed by atoms with E-state index in [1.54, 1.807) is 4.90 Å². The number of amides is 1. The summed E-state index contributed by atoms with van der Waals surface area (Å²) in [4.78, 5) is 36.8. The number of aromatic nitrogens is 2. The Labute approximate surface area is 188 Å². The number of rotatable bonds is 5. The summed E-state index contributed by atoms with van der Waals surface area (Å²) in [5.74, 6) is -0.0674. The van der Waals surface area contributed by atoms with Crippen molar-refractivity contribution < 1.29 is 9.53 Å². The smallest absolute Gasteiger partial charge is 0.255 e. The van der Waals surface area contributed by atoms with Crippen LogP contribution in [-0.4, -0.2) is 53.1 Å². The van der Waals surface area contributed by atoms with Crippen LogP contribution in [0, 0.1) is 20.8 Å². The molecule has 7 heteroatoms. The number of hydrogen-bond acceptors (Lipinski definition) is 4. The number of carbonyl (C=O) groups excluding carboxylic acids is 1. The maximum Gasteiger partial charge on any atom is 0.255 e. The van der Waals surface area contributed by atoms with Crippen molar-refractivity contribution in [2.24, 2.45) is 0 Å². The van der Waals surface area contributed by atoms with Crippen LogP contribution in [0.5, 0.6) is 0 Å². The summed E-state index contributed by atoms with van der Waals surface area (Å²) in [6.45, 7) is 13.0. The highest BCUT2D eigenvalue weighted by Crippen LogP contribution is 2.30. The highest BCUT2D eigenvalue weighted by molar-refractivity contribution is 6.09. The average molecular weight is 437 g/mol. The molecule has 0 radical (unpaired) electrons. The van der Waals surface area contributed by atoms with Crippen LogP contribution in [0.15, 0.2) is 29.2 Å². The molecule has 0 atom stereocenters. The number of nitrogens with zero attached hydrogens (tertiary/aromatic N) is 2. The second-order valence-electron chi connectivity index (χ2n) is 8.96. The van der Waals surface area contributed by atoms with E-state index in [9.17, 15) is 9.59 Å². The van der Waals surface area contributed by atoms with E-state index in [4.69, 9.17) is 4.74 Å². The molecule has 0 saturated carbocycles. The van der Waals surface area contributed by atoms with Crippen molar-refractivity contribution in [1.82, 2.24) is 14.9 Å². The number of hydrogen-bond donors (Lipinski definition) is 2. The highest BCUT2D eigenvalue weighted by atomic mass is 16.5. The first-order valence-corrected chi connectivity index (χ1v) is 11.2. The standard InChI is InChI=1S/C25H32N4O3/c1-15(2)29(14-21-16(3)10-18(5)27-24(21)30)25(31)20-11-19(28-6-8-32-9-7-28)12-22-23(20)17(4)13-26-22/h10-13,15,26H,6-9,14H2,1-5H3,(H,27,30). The van der Waals surface area contributed by atoms with Crippen LogP contribution in [0.2, 0.25) is 0 Å². The number of aryl methyl sites for hydroxylation is 3. The van der Waals surface area contributed by atoms with E-state index in [1.807, 2.05) is 52.9 Å². The number of pyridine rings is 1. The Morgan fingerprint density at radius 2 is 1.84 bits per heavy atom. The van der Waals surface area contributed by atoms with Crippen molar-refractivity contribution in [2.75, 3.05) is 31.2 Å². The van der Waals surface area contributed by atoms with E-state index in [2.05, 4.69) is 20.9 Å². The minimum Gasteiger partial charge on any atom is -0.378 e. The SMILES string of the molecule is Cc1cc(C)c(CN(C(=O)c2cc(N3CCOCC3)cc3[nH]cc(C)c23)C(C)C)c(=O)[nH]1. The van der Waals surface area contributed by atoms with E-state index in [0.29, 0.717) is 24.3 Å². The van der Waals surface area contributed by atoms with Crippen LogP contribution in [0.25, 0.3) is 10.9 Å². The molecule has 1 amide bonds. The predicted molar refractivity (Wildman–Crippen MR) is 128 cm³/mol. The van der Waals surface area contributed by atoms with Gasteiger partial charge in [-0.1, -0.05) is 0 Å². The van der Waals surface area contributed by atoms with Gasteiger partial charge in [0.15, 0.2) is 0 Å². The molecule has 32 heavy (non-hydrogen) atoms. The van der Waals surface area contributed by atoms with Crippen molar-refractivity contribution >= 4 is 22.5 Å². The summed E-state index contributed by atoms with van der Waals surface area (Å²) in [6, 6.07) is 5.99. The molecule has 2 N–H and O–H groups in total. The van der Waals surface area contributed by atoms with E-state index >= 15 is 0 Å². The molecule has 1 aromatic carbocycles. The van der Waals surface area contributed by atoms with Crippen LogP contribution >= 0.6 is 0 Å². The molecule has 0 unspecified atom stereocenters. The van der Waals surface area contributed by atoms with Gasteiger partial charge in [0.2, 0.25) is 0 Å². The third-order valence-electron chi connectivity index (χ3n) is 6.27. The van der Waals surface area contributed by atoms with Crippen LogP contribution in [-0.2, 0) is 11.3 Å². The zero-order valence-electron chi connectivity index (χ0n) is 19.5. The van der Waals surface area contributed by atoms with Gasteiger partial charge in [-0.3, -0.25) is 9.59 Å². The number of H-pyrrole nitrogens is 2. The summed E-state index contributed by atoms with van der Waals surface area (Å²) >= 11 is 0. The molecule has 4 rings (SSSR count). The van der Waals surface area contributed by atoms with Gasteiger partial charge in [0.25, 0.3) is 11.5 Å². The quantitative estimate of drug-likeness (QED) is 0.639. The number of carbonyl (C=O) groups is 1. The molecule has 3 heterocycles. The molecule has 0 aliphatic carbocycles. The molecule has 2 aromatic heterocycles. The molecular weight excluding hydrogens is 404 g/mol. The van der Waals surface area contributed by atoms with E-state index in [-0.39, 0.29) is 24.1 Å². The topological polar surface area (TPSA) is 81.4 Å². The zero-order valence-corrected chi connectivity index (χ0v) is 19.5. The van der Waals surface area contributed by atoms with E-state index in [1.165, 1.54) is 0 Å². The maximum atomic E-state index is 13.9. The molecule has 1 saturated heterocycles. The monoisotopic (exact) mass is 436 g/mol. The Morgan fingerprint density at radius 1 is 1.12 bits per heavy atom. The van der Waals surface area contributed by atoms with Crippen LogP contribution in [0.4, 0.5) is 5.69 Å². The Balaban J connectivity index is 1.78. The van der Waals surface area contributed by atoms with Gasteiger partial charge in [-0.15, -0.1) is 0 Å². The van der Waals surface area contributed by atoms with Gasteiger partial charge in [-0.05, 0) is 63.9 Å². The lowest BCUT2D eigenvalue weighted by Crippen LogP contribution is -2.39. The Kier molecular flexibility index (Phi) is 6.11. The normalized spacial score (nSPS) is 14.4. The Bertz CT molecular complexity index is 1200. The van der Waals surface area contributed by atoms with Gasteiger partial charge < -0.3 is 24.5 Å². The molecule has 0 spiro atoms. The van der Waals surface area contributed by atoms with Gasteiger partial charge in [0.05, 0.1) is 25.3 Å². The number of nitrogens with one attached hydrogen (secondary N) is 2. The van der Waals surface area contributed by atoms with Crippen molar-refractivity contribution in [2.45, 2.75) is 47.2 Å². The fourth-order valence-corrected chi connectivity index (χ4v) is 4.49. The lowest BCUT2D eigenvalue weighted by Gasteiger charge is -2.31. The second kappa shape index (κ2) is 8.82. The highest BCUT2D eigenvalue weighted by Gasteiger charge is 2.25. The van der Waals surface area contributed by atoms with E-state index in [0.717, 1.165) is 46.5 Å². The van der Waals surface area contributed by atoms with Gasteiger partial charge in [-0.25, -0.2) is 0 Å². The largest absolute Gasteiger partial charge is 0.378 e. The molecule has 1 aliphatic heterocycles. The zero-order chi connectivity index (χ0) is 23.0. The molecule has 7 nitrogen and oxygen atoms in total. The minimum atomic E-state index is -0.133. The minimum absolute atomic E-state index is 0.0658. The summed E-state index contributed by atoms with van der Waals surface area (Å²) < 4.78 is 5.50. The summed E-state index contributed by atoms with van der Waals surface area (Å²) in [5, 5.41) is 0.937. The first-order valence-electron chi connectivity index (χ1n) is 11.2. The van der Waals surface area contributed by atoms with Gasteiger partial charge in [0.1, 0.15) is 0 Å². The fraction of sp³-hybridized carbons (Fsp3) is 0.440. The van der Waals surface area contributed by atoms with Gasteiger partial charge >= 0.3 is 0 Å². The summed E-state index contributed by atoms with van der Waals surface area (Å²) in [7, 11) is 0. The Morgan fingerprint density at radius 3 is 2.50 bits per heavy atom. The number of anilines is 1. The lowest BCUT2D eigenvalue weighted by atomic mass is 10.0. The number of benzene rings is 1. The van der Waals surface area contributed by atoms with Crippen molar-refractivity contribution in [1.29, 1.82) is 0 Å². The predicted octanol–water partition coefficient (Wildman–Crippen LogP) is 3.67. The van der Waals surface area contributed by atoms with Crippen molar-refractivity contribution in [3.63, 3.8) is 0 Å². The van der Waals surface area contributed by atoms with Crippen LogP contribution in [0.3, 0.4) is 0 Å². The lowest BCUT2D eigenvalue weighted by molar-refractivity contribution is 0.0691. The van der Waals surface area contributed by atoms with Crippen molar-refractivity contribution in [3.8, 4) is 0 Å².